The Bertz CT molecular complexity index is 626. The van der Waals surface area contributed by atoms with Crippen LogP contribution in [-0.4, -0.2) is 53.6 Å². The molecule has 0 aromatic heterocycles. The summed E-state index contributed by atoms with van der Waals surface area (Å²) in [5.41, 5.74) is -1.24. The molecule has 0 unspecified atom stereocenters. The normalized spacial score (nSPS) is 18.9. The third kappa shape index (κ3) is 8.12. The van der Waals surface area contributed by atoms with E-state index in [1.165, 1.54) is 11.8 Å². The molecule has 1 N–H and O–H groups in total. The molecular formula is C19H31N3O4S. The number of hydrogen-bond acceptors (Lipinski definition) is 6. The zero-order valence-electron chi connectivity index (χ0n) is 17.3. The summed E-state index contributed by atoms with van der Waals surface area (Å²) in [5.74, 6) is -0.621. The van der Waals surface area contributed by atoms with Crippen molar-refractivity contribution in [2.75, 3.05) is 19.3 Å². The van der Waals surface area contributed by atoms with Crippen molar-refractivity contribution in [3.8, 4) is 0 Å². The second-order valence-corrected chi connectivity index (χ2v) is 9.20. The molecule has 0 radical (unpaired) electrons. The lowest BCUT2D eigenvalue weighted by Gasteiger charge is -2.36. The monoisotopic (exact) mass is 397 g/mol. The van der Waals surface area contributed by atoms with Gasteiger partial charge in [0, 0.05) is 19.1 Å². The van der Waals surface area contributed by atoms with Gasteiger partial charge in [0.25, 0.3) is 5.70 Å². The Morgan fingerprint density at radius 2 is 1.74 bits per heavy atom. The fraction of sp³-hybridized carbons (Fsp3) is 0.737. The van der Waals surface area contributed by atoms with Gasteiger partial charge in [0.05, 0.1) is 11.6 Å². The van der Waals surface area contributed by atoms with Crippen LogP contribution in [0.4, 0.5) is 4.79 Å². The van der Waals surface area contributed by atoms with E-state index in [-0.39, 0.29) is 11.7 Å². The smallest absolute Gasteiger partial charge is 0.407 e. The lowest BCUT2D eigenvalue weighted by molar-refractivity contribution is -0.149. The van der Waals surface area contributed by atoms with Gasteiger partial charge in [-0.05, 0) is 60.6 Å². The van der Waals surface area contributed by atoms with Crippen molar-refractivity contribution in [3.05, 3.63) is 22.1 Å². The molecule has 27 heavy (non-hydrogen) atoms. The van der Waals surface area contributed by atoms with Crippen LogP contribution in [0.1, 0.15) is 54.4 Å². The Hall–Kier alpha value is -1.88. The maximum absolute atomic E-state index is 12.4. The molecule has 1 aliphatic rings. The van der Waals surface area contributed by atoms with Crippen LogP contribution in [0.15, 0.2) is 10.7 Å². The third-order valence-electron chi connectivity index (χ3n) is 3.53. The Morgan fingerprint density at radius 3 is 2.22 bits per heavy atom. The number of esters is 1. The molecule has 0 spiro atoms. The molecule has 1 saturated heterocycles. The molecule has 8 heteroatoms. The first-order chi connectivity index (χ1) is 12.4. The lowest BCUT2D eigenvalue weighted by Crippen LogP contribution is -2.48. The van der Waals surface area contributed by atoms with E-state index >= 15 is 0 Å². The predicted octanol–water partition coefficient (Wildman–Crippen LogP) is 3.77. The zero-order chi connectivity index (χ0) is 20.8. The fourth-order valence-corrected chi connectivity index (χ4v) is 3.38. The molecule has 1 atom stereocenters. The van der Waals surface area contributed by atoms with Gasteiger partial charge in [-0.2, -0.15) is 0 Å². The number of rotatable bonds is 4. The van der Waals surface area contributed by atoms with Gasteiger partial charge in [0.2, 0.25) is 0 Å². The van der Waals surface area contributed by atoms with E-state index in [1.54, 1.807) is 20.8 Å². The van der Waals surface area contributed by atoms with Gasteiger partial charge in [-0.15, -0.1) is 11.8 Å². The van der Waals surface area contributed by atoms with E-state index < -0.39 is 23.3 Å². The summed E-state index contributed by atoms with van der Waals surface area (Å²) in [5, 5.41) is 3.46. The lowest BCUT2D eigenvalue weighted by atomic mass is 10.1. The summed E-state index contributed by atoms with van der Waals surface area (Å²) in [6, 6.07) is -0.110. The van der Waals surface area contributed by atoms with Crippen molar-refractivity contribution in [1.82, 2.24) is 10.2 Å². The number of thioether (sulfide) groups is 1. The number of amides is 1. The van der Waals surface area contributed by atoms with Crippen LogP contribution in [-0.2, 0) is 14.3 Å². The largest absolute Gasteiger partial charge is 0.465 e. The predicted molar refractivity (Wildman–Crippen MR) is 107 cm³/mol. The van der Waals surface area contributed by atoms with Gasteiger partial charge in [-0.25, -0.2) is 9.64 Å². The number of alkyl carbamates (subject to hydrolysis) is 1. The first-order valence-corrected chi connectivity index (χ1v) is 10.2. The van der Waals surface area contributed by atoms with E-state index in [2.05, 4.69) is 10.2 Å². The minimum absolute atomic E-state index is 0.0182. The Labute approximate surface area is 166 Å². The Balaban J connectivity index is 2.92. The van der Waals surface area contributed by atoms with Crippen LogP contribution < -0.4 is 5.32 Å². The molecule has 0 bridgehead atoms. The van der Waals surface area contributed by atoms with Crippen molar-refractivity contribution in [3.63, 3.8) is 0 Å². The minimum Gasteiger partial charge on any atom is -0.465 e. The van der Waals surface area contributed by atoms with Crippen LogP contribution in [0.25, 0.3) is 4.85 Å². The Kier molecular flexibility index (Phi) is 8.03. The van der Waals surface area contributed by atoms with E-state index in [0.29, 0.717) is 18.1 Å². The topological polar surface area (TPSA) is 72.2 Å². The van der Waals surface area contributed by atoms with E-state index in [9.17, 15) is 9.59 Å². The van der Waals surface area contributed by atoms with Crippen LogP contribution >= 0.6 is 11.8 Å². The number of ether oxygens (including phenoxy) is 2. The summed E-state index contributed by atoms with van der Waals surface area (Å²) in [6.45, 7) is 19.4. The molecule has 152 valence electrons. The van der Waals surface area contributed by atoms with Gasteiger partial charge in [0.15, 0.2) is 0 Å². The number of carbonyl (C=O) groups excluding carboxylic acids is 2. The number of likely N-dealkylation sites (tertiary alicyclic amines) is 1. The summed E-state index contributed by atoms with van der Waals surface area (Å²) < 4.78 is 10.7. The zero-order valence-corrected chi connectivity index (χ0v) is 18.2. The second kappa shape index (κ2) is 9.36. The number of nitrogens with one attached hydrogen (secondary N) is 1. The average molecular weight is 398 g/mol. The number of carbonyl (C=O) groups is 2. The van der Waals surface area contributed by atoms with E-state index in [1.807, 2.05) is 31.9 Å². The van der Waals surface area contributed by atoms with Crippen LogP contribution in [0.5, 0.6) is 0 Å². The fourth-order valence-electron chi connectivity index (χ4n) is 2.64. The Morgan fingerprint density at radius 1 is 1.15 bits per heavy atom. The molecule has 1 heterocycles. The highest BCUT2D eigenvalue weighted by Crippen LogP contribution is 2.28. The number of piperidine rings is 1. The number of nitrogens with zero attached hydrogens (tertiary/aromatic N) is 2. The van der Waals surface area contributed by atoms with Gasteiger partial charge in [-0.1, -0.05) is 0 Å². The van der Waals surface area contributed by atoms with Gasteiger partial charge < -0.3 is 19.7 Å². The van der Waals surface area contributed by atoms with E-state index in [4.69, 9.17) is 16.0 Å². The molecule has 0 saturated carbocycles. The van der Waals surface area contributed by atoms with Crippen molar-refractivity contribution in [2.45, 2.75) is 71.6 Å². The summed E-state index contributed by atoms with van der Waals surface area (Å²) in [6.07, 6.45) is 3.03. The molecule has 1 rings (SSSR count). The molecule has 0 aromatic carbocycles. The van der Waals surface area contributed by atoms with Gasteiger partial charge in [-0.3, -0.25) is 4.79 Å². The standard InChI is InChI=1S/C19H31N3O4S/c1-18(2,3)25-16(23)14(20-7)15(27-8)22-11-9-10-13(12-22)21-17(24)26-19(4,5)6/h13H,9-12H2,1-6,8H3,(H,21,24)/b15-14-/t13-/m1/s1. The molecule has 1 amide bonds. The molecule has 0 aromatic rings. The molecule has 7 nitrogen and oxygen atoms in total. The van der Waals surface area contributed by atoms with Crippen LogP contribution in [0, 0.1) is 6.57 Å². The summed E-state index contributed by atoms with van der Waals surface area (Å²) >= 11 is 1.34. The van der Waals surface area contributed by atoms with Gasteiger partial charge >= 0.3 is 12.1 Å². The molecule has 0 aliphatic carbocycles. The highest BCUT2D eigenvalue weighted by molar-refractivity contribution is 8.02. The van der Waals surface area contributed by atoms with Crippen molar-refractivity contribution >= 4 is 23.8 Å². The molecular weight excluding hydrogens is 366 g/mol. The average Bonchev–Trinajstić information content (AvgIpc) is 2.48. The quantitative estimate of drug-likeness (QED) is 0.442. The van der Waals surface area contributed by atoms with Crippen molar-refractivity contribution in [1.29, 1.82) is 0 Å². The highest BCUT2D eigenvalue weighted by Gasteiger charge is 2.30. The van der Waals surface area contributed by atoms with Crippen molar-refractivity contribution < 1.29 is 19.1 Å². The van der Waals surface area contributed by atoms with Crippen molar-refractivity contribution in [2.24, 2.45) is 0 Å². The maximum Gasteiger partial charge on any atom is 0.407 e. The number of hydrogen-bond donors (Lipinski definition) is 1. The second-order valence-electron chi connectivity index (χ2n) is 8.40. The van der Waals surface area contributed by atoms with Crippen LogP contribution in [0.3, 0.4) is 0 Å². The third-order valence-corrected chi connectivity index (χ3v) is 4.37. The van der Waals surface area contributed by atoms with Crippen LogP contribution in [0.2, 0.25) is 0 Å². The SMILES string of the molecule is [C-]#[N+]/C(C(=O)OC(C)(C)C)=C(\SC)N1CCC[C@@H](NC(=O)OC(C)(C)C)C1. The van der Waals surface area contributed by atoms with E-state index in [0.717, 1.165) is 12.8 Å². The first-order valence-electron chi connectivity index (χ1n) is 9.00. The summed E-state index contributed by atoms with van der Waals surface area (Å²) in [7, 11) is 0. The highest BCUT2D eigenvalue weighted by atomic mass is 32.2. The first kappa shape index (κ1) is 23.2. The maximum atomic E-state index is 12.4. The molecule has 1 aliphatic heterocycles. The van der Waals surface area contributed by atoms with Gasteiger partial charge in [0.1, 0.15) is 11.2 Å². The minimum atomic E-state index is -0.667. The summed E-state index contributed by atoms with van der Waals surface area (Å²) in [4.78, 5) is 29.9. The molecule has 1 fully saturated rings.